The molecule has 0 bridgehead atoms. The van der Waals surface area contributed by atoms with Gasteiger partial charge in [0.25, 0.3) is 0 Å². The van der Waals surface area contributed by atoms with Gasteiger partial charge in [0, 0.05) is 18.5 Å². The van der Waals surface area contributed by atoms with E-state index in [-0.39, 0.29) is 95.2 Å². The minimum Gasteiger partial charge on any atom is -0.550 e. The molecule has 0 rings (SSSR count). The van der Waals surface area contributed by atoms with E-state index in [1.165, 1.54) is 0 Å². The maximum Gasteiger partial charge on any atom is 1.00 e. The molecule has 0 aliphatic carbocycles. The van der Waals surface area contributed by atoms with Crippen LogP contribution in [-0.2, 0) is 14.4 Å². The largest absolute Gasteiger partial charge is 1.00 e. The van der Waals surface area contributed by atoms with Crippen LogP contribution < -0.4 is 109 Å². The summed E-state index contributed by atoms with van der Waals surface area (Å²) in [4.78, 5) is 27.2. The maximum atomic E-state index is 9.43. The number of carbonyl (C=O) groups excluding carboxylic acids is 3. The molecule has 84 valence electrons. The summed E-state index contributed by atoms with van der Waals surface area (Å²) in [5, 5.41) is 29.6. The van der Waals surface area contributed by atoms with Crippen molar-refractivity contribution in [2.24, 2.45) is 0 Å². The molecule has 17 heavy (non-hydrogen) atoms. The van der Waals surface area contributed by atoms with Gasteiger partial charge in [-0.15, -0.1) is 0 Å². The number of carboxylic acid groups (broad SMARTS) is 3. The minimum atomic E-state index is -1.08. The van der Waals surface area contributed by atoms with E-state index in [1.807, 2.05) is 0 Å². The van der Waals surface area contributed by atoms with Crippen LogP contribution in [0.3, 0.4) is 0 Å². The molecule has 0 fully saturated rings. The number of rotatable bonds is 2. The van der Waals surface area contributed by atoms with Crippen molar-refractivity contribution < 1.29 is 118 Å². The van der Waals surface area contributed by atoms with E-state index < -0.39 is 17.9 Å². The monoisotopic (exact) mass is 275 g/mol. The molecule has 0 aromatic carbocycles. The summed E-state index contributed by atoms with van der Waals surface area (Å²) in [6, 6.07) is 0. The second-order valence-electron chi connectivity index (χ2n) is 1.89. The predicted molar refractivity (Wildman–Crippen MR) is 40.3 cm³/mol. The molecule has 0 heterocycles. The number of nitrogens with one attached hydrogen (secondary N) is 1. The van der Waals surface area contributed by atoms with E-state index in [9.17, 15) is 9.90 Å². The summed E-state index contributed by atoms with van der Waals surface area (Å²) in [7, 11) is 1.55. The van der Waals surface area contributed by atoms with Gasteiger partial charge >= 0.3 is 88.7 Å². The Morgan fingerprint density at radius 1 is 0.882 bits per heavy atom. The number of hydrogen-bond donors (Lipinski definition) is 1. The summed E-state index contributed by atoms with van der Waals surface area (Å²) < 4.78 is 0. The molecule has 0 saturated carbocycles. The molecular weight excluding hydrogens is 263 g/mol. The van der Waals surface area contributed by atoms with E-state index in [1.54, 1.807) is 7.05 Å². The van der Waals surface area contributed by atoms with E-state index >= 15 is 0 Å². The molecule has 0 unspecified atom stereocenters. The Labute approximate surface area is 167 Å². The Kier molecular flexibility index (Phi) is 64.8. The van der Waals surface area contributed by atoms with Gasteiger partial charge in [0.1, 0.15) is 0 Å². The molecule has 0 aromatic heterocycles. The van der Waals surface area contributed by atoms with Crippen molar-refractivity contribution in [1.29, 1.82) is 0 Å². The SMILES string of the molecule is CC(=O)[O-].CC(=O)[O-].CNCC(=O)[O-].[Na+].[Na+].[Na+]. The first-order valence-corrected chi connectivity index (χ1v) is 3.43. The van der Waals surface area contributed by atoms with Gasteiger partial charge in [-0.2, -0.15) is 0 Å². The fraction of sp³-hybridized carbons (Fsp3) is 0.571. The average Bonchev–Trinajstić information content (AvgIpc) is 1.82. The van der Waals surface area contributed by atoms with Crippen molar-refractivity contribution in [3.63, 3.8) is 0 Å². The molecule has 0 radical (unpaired) electrons. The first-order chi connectivity index (χ1) is 6.23. The van der Waals surface area contributed by atoms with Crippen LogP contribution in [0.1, 0.15) is 13.8 Å². The van der Waals surface area contributed by atoms with Crippen molar-refractivity contribution in [2.45, 2.75) is 13.8 Å². The van der Waals surface area contributed by atoms with Gasteiger partial charge in [-0.05, 0) is 20.9 Å². The standard InChI is InChI=1S/C3H7NO2.2C2H4O2.3Na/c1-4-2-3(5)6;2*1-2(3)4;;;/h4H,2H2,1H3,(H,5,6);2*1H3,(H,3,4);;;/q;;;3*+1/p-3. The van der Waals surface area contributed by atoms with E-state index in [0.717, 1.165) is 13.8 Å². The summed E-state index contributed by atoms with van der Waals surface area (Å²) in [6.45, 7) is 1.87. The van der Waals surface area contributed by atoms with Gasteiger partial charge < -0.3 is 35.0 Å². The fourth-order valence-electron chi connectivity index (χ4n) is 0.144. The fourth-order valence-corrected chi connectivity index (χ4v) is 0.144. The Morgan fingerprint density at radius 2 is 1.06 bits per heavy atom. The van der Waals surface area contributed by atoms with E-state index in [4.69, 9.17) is 19.8 Å². The number of aliphatic carboxylic acids is 3. The van der Waals surface area contributed by atoms with Gasteiger partial charge in [0.05, 0.1) is 5.97 Å². The van der Waals surface area contributed by atoms with Crippen LogP contribution in [0, 0.1) is 0 Å². The van der Waals surface area contributed by atoms with E-state index in [0.29, 0.717) is 0 Å². The molecule has 0 saturated heterocycles. The molecule has 0 spiro atoms. The van der Waals surface area contributed by atoms with Crippen molar-refractivity contribution >= 4 is 17.9 Å². The number of likely N-dealkylation sites (N-methyl/N-ethyl adjacent to an activating group) is 1. The molecule has 10 heteroatoms. The van der Waals surface area contributed by atoms with Crippen LogP contribution in [0.25, 0.3) is 0 Å². The van der Waals surface area contributed by atoms with Crippen LogP contribution in [0.2, 0.25) is 0 Å². The van der Waals surface area contributed by atoms with Crippen molar-refractivity contribution in [2.75, 3.05) is 13.6 Å². The number of carboxylic acids is 3. The number of carbonyl (C=O) groups is 3. The molecule has 0 aliphatic heterocycles. The van der Waals surface area contributed by atoms with Crippen LogP contribution in [0.5, 0.6) is 0 Å². The summed E-state index contributed by atoms with van der Waals surface area (Å²) in [5.41, 5.74) is 0. The van der Waals surface area contributed by atoms with Gasteiger partial charge in [0.2, 0.25) is 0 Å². The Morgan fingerprint density at radius 3 is 1.06 bits per heavy atom. The first-order valence-electron chi connectivity index (χ1n) is 3.43. The van der Waals surface area contributed by atoms with E-state index in [2.05, 4.69) is 5.32 Å². The predicted octanol–water partition coefficient (Wildman–Crippen LogP) is -13.5. The second kappa shape index (κ2) is 30.4. The van der Waals surface area contributed by atoms with Gasteiger partial charge in [-0.1, -0.05) is 0 Å². The van der Waals surface area contributed by atoms with Crippen LogP contribution >= 0.6 is 0 Å². The first kappa shape index (κ1) is 36.2. The van der Waals surface area contributed by atoms with Crippen LogP contribution in [0.15, 0.2) is 0 Å². The number of hydrogen-bond acceptors (Lipinski definition) is 7. The molecule has 0 aliphatic rings. The Hall–Kier alpha value is 1.37. The minimum absolute atomic E-state index is 0. The third-order valence-electron chi connectivity index (χ3n) is 0.321. The normalized spacial score (nSPS) is 5.82. The smallest absolute Gasteiger partial charge is 0.550 e. The van der Waals surface area contributed by atoms with Crippen molar-refractivity contribution in [1.82, 2.24) is 5.32 Å². The Bertz CT molecular complexity index is 170. The molecule has 0 amide bonds. The quantitative estimate of drug-likeness (QED) is 0.495. The topological polar surface area (TPSA) is 132 Å². The second-order valence-corrected chi connectivity index (χ2v) is 1.89. The zero-order valence-corrected chi connectivity index (χ0v) is 17.2. The van der Waals surface area contributed by atoms with Gasteiger partial charge in [-0.25, -0.2) is 0 Å². The molecular formula is C7H12NNa3O6. The van der Waals surface area contributed by atoms with Gasteiger partial charge in [0.15, 0.2) is 0 Å². The van der Waals surface area contributed by atoms with Crippen LogP contribution in [-0.4, -0.2) is 31.5 Å². The van der Waals surface area contributed by atoms with Crippen LogP contribution in [0.4, 0.5) is 0 Å². The molecule has 7 nitrogen and oxygen atoms in total. The maximum absolute atomic E-state index is 9.43. The Balaban J connectivity index is -0.0000000252. The zero-order chi connectivity index (χ0) is 12.1. The summed E-state index contributed by atoms with van der Waals surface area (Å²) in [5.74, 6) is -3.24. The van der Waals surface area contributed by atoms with Crippen molar-refractivity contribution in [3.05, 3.63) is 0 Å². The molecule has 0 atom stereocenters. The van der Waals surface area contributed by atoms with Gasteiger partial charge in [-0.3, -0.25) is 0 Å². The average molecular weight is 275 g/mol. The summed E-state index contributed by atoms with van der Waals surface area (Å²) >= 11 is 0. The zero-order valence-electron chi connectivity index (χ0n) is 11.2. The molecule has 1 N–H and O–H groups in total. The third kappa shape index (κ3) is 215. The molecule has 0 aromatic rings. The summed E-state index contributed by atoms with van der Waals surface area (Å²) in [6.07, 6.45) is 0. The third-order valence-corrected chi connectivity index (χ3v) is 0.321. The van der Waals surface area contributed by atoms with Crippen molar-refractivity contribution in [3.8, 4) is 0 Å².